The van der Waals surface area contributed by atoms with Crippen LogP contribution in [0.2, 0.25) is 0 Å². The average molecular weight is 345 g/mol. The van der Waals surface area contributed by atoms with Crippen molar-refractivity contribution in [3.05, 3.63) is 17.5 Å². The van der Waals surface area contributed by atoms with Gasteiger partial charge in [0.15, 0.2) is 11.7 Å². The van der Waals surface area contributed by atoms with Crippen LogP contribution in [0.4, 0.5) is 0 Å². The molecule has 0 radical (unpaired) electrons. The summed E-state index contributed by atoms with van der Waals surface area (Å²) in [7, 11) is -3.16. The van der Waals surface area contributed by atoms with Gasteiger partial charge in [0.2, 0.25) is 10.0 Å². The molecule has 9 heteroatoms. The van der Waals surface area contributed by atoms with Crippen LogP contribution in [-0.2, 0) is 16.6 Å². The van der Waals surface area contributed by atoms with Gasteiger partial charge in [-0.3, -0.25) is 0 Å². The largest absolute Gasteiger partial charge is 0.359 e. The lowest BCUT2D eigenvalue weighted by Crippen LogP contribution is -2.41. The quantitative estimate of drug-likeness (QED) is 0.347. The second-order valence-corrected chi connectivity index (χ2v) is 7.39. The fourth-order valence-corrected chi connectivity index (χ4v) is 2.28. The van der Waals surface area contributed by atoms with Crippen LogP contribution in [0, 0.1) is 0 Å². The molecule has 1 heterocycles. The molecule has 0 spiro atoms. The Morgan fingerprint density at radius 3 is 2.61 bits per heavy atom. The van der Waals surface area contributed by atoms with Crippen LogP contribution in [0.1, 0.15) is 45.1 Å². The van der Waals surface area contributed by atoms with Crippen LogP contribution in [0.15, 0.2) is 15.6 Å². The third kappa shape index (κ3) is 7.47. The standard InChI is InChI=1S/C14H27N5O3S/c1-5-15-14(16-7-8-18-23(20,21)6-2)17-10-12-9-13(11(3)4)19-22-12/h9,11,18H,5-8,10H2,1-4H3,(H2,15,16,17). The highest BCUT2D eigenvalue weighted by Crippen LogP contribution is 2.14. The van der Waals surface area contributed by atoms with Crippen molar-refractivity contribution in [2.24, 2.45) is 4.99 Å². The summed E-state index contributed by atoms with van der Waals surface area (Å²) >= 11 is 0. The van der Waals surface area contributed by atoms with Crippen molar-refractivity contribution in [2.75, 3.05) is 25.4 Å². The summed E-state index contributed by atoms with van der Waals surface area (Å²) in [5, 5.41) is 10.2. The number of aliphatic imine (C=N–C) groups is 1. The molecule has 0 aromatic carbocycles. The van der Waals surface area contributed by atoms with Crippen LogP contribution in [0.5, 0.6) is 0 Å². The lowest BCUT2D eigenvalue weighted by Gasteiger charge is -2.11. The lowest BCUT2D eigenvalue weighted by molar-refractivity contribution is 0.376. The molecule has 1 aromatic heterocycles. The molecule has 0 atom stereocenters. The van der Waals surface area contributed by atoms with E-state index in [-0.39, 0.29) is 5.75 Å². The van der Waals surface area contributed by atoms with Crippen LogP contribution in [0.25, 0.3) is 0 Å². The van der Waals surface area contributed by atoms with E-state index in [1.807, 2.05) is 26.8 Å². The summed E-state index contributed by atoms with van der Waals surface area (Å²) in [5.74, 6) is 1.68. The highest BCUT2D eigenvalue weighted by atomic mass is 32.2. The number of nitrogens with one attached hydrogen (secondary N) is 3. The van der Waals surface area contributed by atoms with Gasteiger partial charge in [-0.15, -0.1) is 0 Å². The molecule has 0 fully saturated rings. The molecule has 0 unspecified atom stereocenters. The van der Waals surface area contributed by atoms with E-state index in [0.29, 0.717) is 43.8 Å². The monoisotopic (exact) mass is 345 g/mol. The summed E-state index contributed by atoms with van der Waals surface area (Å²) in [6, 6.07) is 1.90. The zero-order valence-electron chi connectivity index (χ0n) is 14.2. The smallest absolute Gasteiger partial charge is 0.211 e. The summed E-state index contributed by atoms with van der Waals surface area (Å²) in [4.78, 5) is 4.39. The van der Waals surface area contributed by atoms with E-state index in [1.54, 1.807) is 6.92 Å². The van der Waals surface area contributed by atoms with Gasteiger partial charge >= 0.3 is 0 Å². The zero-order chi connectivity index (χ0) is 17.3. The fourth-order valence-electron chi connectivity index (χ4n) is 1.66. The van der Waals surface area contributed by atoms with E-state index in [2.05, 4.69) is 25.5 Å². The first-order valence-corrected chi connectivity index (χ1v) is 9.48. The molecule has 132 valence electrons. The number of guanidine groups is 1. The van der Waals surface area contributed by atoms with Gasteiger partial charge in [-0.25, -0.2) is 18.1 Å². The third-order valence-electron chi connectivity index (χ3n) is 3.03. The van der Waals surface area contributed by atoms with E-state index >= 15 is 0 Å². The lowest BCUT2D eigenvalue weighted by atomic mass is 10.1. The van der Waals surface area contributed by atoms with Gasteiger partial charge in [0.25, 0.3) is 0 Å². The van der Waals surface area contributed by atoms with E-state index in [4.69, 9.17) is 4.52 Å². The molecule has 0 aliphatic rings. The van der Waals surface area contributed by atoms with Gasteiger partial charge in [-0.05, 0) is 19.8 Å². The van der Waals surface area contributed by atoms with Gasteiger partial charge in [0, 0.05) is 25.7 Å². The van der Waals surface area contributed by atoms with Crippen LogP contribution >= 0.6 is 0 Å². The molecule has 0 aliphatic carbocycles. The van der Waals surface area contributed by atoms with Crippen LogP contribution in [0.3, 0.4) is 0 Å². The molecule has 3 N–H and O–H groups in total. The predicted molar refractivity (Wildman–Crippen MR) is 90.9 cm³/mol. The van der Waals surface area contributed by atoms with Crippen LogP contribution in [-0.4, -0.2) is 44.9 Å². The Balaban J connectivity index is 2.49. The van der Waals surface area contributed by atoms with E-state index in [9.17, 15) is 8.42 Å². The predicted octanol–water partition coefficient (Wildman–Crippen LogP) is 0.792. The minimum atomic E-state index is -3.16. The molecule has 0 amide bonds. The van der Waals surface area contributed by atoms with Gasteiger partial charge < -0.3 is 15.2 Å². The molecule has 1 rings (SSSR count). The maximum atomic E-state index is 11.3. The van der Waals surface area contributed by atoms with Crippen molar-refractivity contribution in [2.45, 2.75) is 40.2 Å². The van der Waals surface area contributed by atoms with Crippen LogP contribution < -0.4 is 15.4 Å². The first-order chi connectivity index (χ1) is 10.9. The molecule has 1 aromatic rings. The molecular weight excluding hydrogens is 318 g/mol. The molecular formula is C14H27N5O3S. The number of hydrogen-bond donors (Lipinski definition) is 3. The second kappa shape index (κ2) is 9.51. The average Bonchev–Trinajstić information content (AvgIpc) is 2.98. The Morgan fingerprint density at radius 1 is 1.30 bits per heavy atom. The molecule has 0 saturated carbocycles. The van der Waals surface area contributed by atoms with Gasteiger partial charge in [0.05, 0.1) is 11.4 Å². The maximum absolute atomic E-state index is 11.3. The Labute approximate surface area is 138 Å². The Morgan fingerprint density at radius 2 is 2.04 bits per heavy atom. The topological polar surface area (TPSA) is 109 Å². The number of rotatable bonds is 9. The van der Waals surface area contributed by atoms with E-state index < -0.39 is 10.0 Å². The summed E-state index contributed by atoms with van der Waals surface area (Å²) in [6.07, 6.45) is 0. The SMILES string of the molecule is CCNC(=NCc1cc(C(C)C)no1)NCCNS(=O)(=O)CC. The molecule has 0 bridgehead atoms. The molecule has 0 aliphatic heterocycles. The van der Waals surface area contributed by atoms with Gasteiger partial charge in [-0.2, -0.15) is 0 Å². The van der Waals surface area contributed by atoms with Crippen molar-refractivity contribution < 1.29 is 12.9 Å². The van der Waals surface area contributed by atoms with Crippen molar-refractivity contribution in [3.8, 4) is 0 Å². The number of sulfonamides is 1. The second-order valence-electron chi connectivity index (χ2n) is 5.29. The summed E-state index contributed by atoms with van der Waals surface area (Å²) in [5.41, 5.74) is 0.905. The summed E-state index contributed by atoms with van der Waals surface area (Å²) in [6.45, 7) is 9.49. The zero-order valence-corrected chi connectivity index (χ0v) is 15.0. The molecule has 0 saturated heterocycles. The summed E-state index contributed by atoms with van der Waals surface area (Å²) < 4.78 is 30.4. The van der Waals surface area contributed by atoms with Crippen molar-refractivity contribution in [1.82, 2.24) is 20.5 Å². The number of aromatic nitrogens is 1. The maximum Gasteiger partial charge on any atom is 0.211 e. The van der Waals surface area contributed by atoms with E-state index in [1.165, 1.54) is 0 Å². The highest BCUT2D eigenvalue weighted by molar-refractivity contribution is 7.89. The van der Waals surface area contributed by atoms with Crippen molar-refractivity contribution >= 4 is 16.0 Å². The molecule has 8 nitrogen and oxygen atoms in total. The first kappa shape index (κ1) is 19.4. The first-order valence-electron chi connectivity index (χ1n) is 7.83. The Hall–Kier alpha value is -1.61. The minimum absolute atomic E-state index is 0.0742. The number of hydrogen-bond acceptors (Lipinski definition) is 5. The molecule has 23 heavy (non-hydrogen) atoms. The Kier molecular flexibility index (Phi) is 8.04. The van der Waals surface area contributed by atoms with Gasteiger partial charge in [0.1, 0.15) is 6.54 Å². The van der Waals surface area contributed by atoms with E-state index in [0.717, 1.165) is 5.69 Å². The minimum Gasteiger partial charge on any atom is -0.359 e. The number of nitrogens with zero attached hydrogens (tertiary/aromatic N) is 2. The van der Waals surface area contributed by atoms with Gasteiger partial charge in [-0.1, -0.05) is 19.0 Å². The fraction of sp³-hybridized carbons (Fsp3) is 0.714. The third-order valence-corrected chi connectivity index (χ3v) is 4.43. The highest BCUT2D eigenvalue weighted by Gasteiger charge is 2.08. The van der Waals surface area contributed by atoms with Crippen molar-refractivity contribution in [1.29, 1.82) is 0 Å². The van der Waals surface area contributed by atoms with Crippen molar-refractivity contribution in [3.63, 3.8) is 0 Å². The Bertz CT molecular complexity index is 595. The normalized spacial score (nSPS) is 12.7.